The van der Waals surface area contributed by atoms with Crippen molar-refractivity contribution in [3.8, 4) is 0 Å². The average Bonchev–Trinajstić information content (AvgIpc) is 2.40. The van der Waals surface area contributed by atoms with Crippen LogP contribution >= 0.6 is 0 Å². The summed E-state index contributed by atoms with van der Waals surface area (Å²) >= 11 is 0. The van der Waals surface area contributed by atoms with E-state index in [0.717, 1.165) is 6.07 Å². The Balaban J connectivity index is 2.40. The van der Waals surface area contributed by atoms with E-state index in [1.807, 2.05) is 0 Å². The summed E-state index contributed by atoms with van der Waals surface area (Å²) in [4.78, 5) is 11.4. The third kappa shape index (κ3) is 3.34. The first-order valence-corrected chi connectivity index (χ1v) is 6.13. The van der Waals surface area contributed by atoms with E-state index in [4.69, 9.17) is 5.73 Å². The third-order valence-electron chi connectivity index (χ3n) is 2.94. The lowest BCUT2D eigenvalue weighted by atomic mass is 10.1. The minimum atomic E-state index is -4.46. The maximum Gasteiger partial charge on any atom is 0.418 e. The second kappa shape index (κ2) is 5.47. The van der Waals surface area contributed by atoms with Crippen LogP contribution in [0.3, 0.4) is 0 Å². The molecule has 0 aromatic heterocycles. The van der Waals surface area contributed by atoms with Gasteiger partial charge >= 0.3 is 6.18 Å². The van der Waals surface area contributed by atoms with Crippen molar-refractivity contribution >= 4 is 22.8 Å². The van der Waals surface area contributed by atoms with Gasteiger partial charge in [0, 0.05) is 16.9 Å². The Morgan fingerprint density at radius 3 is 2.43 bits per heavy atom. The van der Waals surface area contributed by atoms with Gasteiger partial charge in [-0.2, -0.15) is 13.2 Å². The molecule has 0 saturated carbocycles. The number of nitrogens with two attached hydrogens (primary N) is 1. The highest BCUT2D eigenvalue weighted by molar-refractivity contribution is 6.00. The van der Waals surface area contributed by atoms with Crippen molar-refractivity contribution in [2.75, 3.05) is 11.1 Å². The van der Waals surface area contributed by atoms with Gasteiger partial charge in [-0.3, -0.25) is 4.79 Å². The fraction of sp³-hybridized carbons (Fsp3) is 0.133. The molecule has 0 fully saturated rings. The third-order valence-corrected chi connectivity index (χ3v) is 2.94. The van der Waals surface area contributed by atoms with Crippen LogP contribution in [0.25, 0.3) is 0 Å². The van der Waals surface area contributed by atoms with E-state index >= 15 is 0 Å². The average molecular weight is 294 g/mol. The van der Waals surface area contributed by atoms with Crippen LogP contribution in [0.1, 0.15) is 22.8 Å². The number of hydrogen-bond acceptors (Lipinski definition) is 3. The van der Waals surface area contributed by atoms with E-state index in [0.29, 0.717) is 5.69 Å². The molecule has 0 atom stereocenters. The van der Waals surface area contributed by atoms with Crippen LogP contribution < -0.4 is 11.1 Å². The number of rotatable bonds is 3. The maximum atomic E-state index is 12.9. The Kier molecular flexibility index (Phi) is 3.88. The number of halogens is 3. The molecule has 0 aliphatic rings. The van der Waals surface area contributed by atoms with Gasteiger partial charge in [0.2, 0.25) is 0 Å². The van der Waals surface area contributed by atoms with E-state index in [-0.39, 0.29) is 22.7 Å². The zero-order valence-electron chi connectivity index (χ0n) is 11.2. The molecule has 0 bridgehead atoms. The molecule has 0 spiro atoms. The molecular formula is C15H13F3N2O. The molecule has 3 N–H and O–H groups in total. The number of nitrogen functional groups attached to an aromatic ring is 1. The molecule has 3 nitrogen and oxygen atoms in total. The summed E-state index contributed by atoms with van der Waals surface area (Å²) in [5, 5.41) is 2.67. The molecule has 2 aromatic rings. The summed E-state index contributed by atoms with van der Waals surface area (Å²) < 4.78 is 38.7. The minimum Gasteiger partial charge on any atom is -0.398 e. The van der Waals surface area contributed by atoms with Crippen molar-refractivity contribution in [1.29, 1.82) is 0 Å². The number of carbonyl (C=O) groups excluding carboxylic acids is 1. The van der Waals surface area contributed by atoms with Gasteiger partial charge in [0.05, 0.1) is 11.3 Å². The largest absolute Gasteiger partial charge is 0.418 e. The molecule has 0 amide bonds. The van der Waals surface area contributed by atoms with Gasteiger partial charge in [-0.25, -0.2) is 0 Å². The number of ketones is 1. The van der Waals surface area contributed by atoms with E-state index in [1.165, 1.54) is 43.3 Å². The summed E-state index contributed by atoms with van der Waals surface area (Å²) in [6, 6.07) is 9.58. The van der Waals surface area contributed by atoms with Crippen LogP contribution in [0.2, 0.25) is 0 Å². The van der Waals surface area contributed by atoms with Crippen molar-refractivity contribution in [3.05, 3.63) is 53.6 Å². The zero-order valence-corrected chi connectivity index (χ0v) is 11.2. The van der Waals surface area contributed by atoms with Crippen LogP contribution in [-0.2, 0) is 6.18 Å². The van der Waals surface area contributed by atoms with E-state index < -0.39 is 11.7 Å². The predicted octanol–water partition coefficient (Wildman–Crippen LogP) is 4.23. The Hall–Kier alpha value is -2.50. The van der Waals surface area contributed by atoms with E-state index in [2.05, 4.69) is 5.32 Å². The Morgan fingerprint density at radius 1 is 1.14 bits per heavy atom. The molecule has 0 aliphatic carbocycles. The highest BCUT2D eigenvalue weighted by Gasteiger charge is 2.33. The lowest BCUT2D eigenvalue weighted by Crippen LogP contribution is -2.09. The zero-order chi connectivity index (χ0) is 15.6. The van der Waals surface area contributed by atoms with Gasteiger partial charge in [-0.05, 0) is 37.3 Å². The molecule has 0 radical (unpaired) electrons. The number of Topliss-reactive ketones (excluding diaryl/α,β-unsaturated/α-hetero) is 1. The molecular weight excluding hydrogens is 281 g/mol. The van der Waals surface area contributed by atoms with Crippen LogP contribution in [-0.4, -0.2) is 5.78 Å². The van der Waals surface area contributed by atoms with Crippen LogP contribution in [0.15, 0.2) is 42.5 Å². The quantitative estimate of drug-likeness (QED) is 0.658. The summed E-state index contributed by atoms with van der Waals surface area (Å²) in [6.45, 7) is 1.35. The summed E-state index contributed by atoms with van der Waals surface area (Å²) in [6.07, 6.45) is -4.46. The van der Waals surface area contributed by atoms with Crippen LogP contribution in [0.4, 0.5) is 30.2 Å². The molecule has 2 aromatic carbocycles. The highest BCUT2D eigenvalue weighted by atomic mass is 19.4. The normalized spacial score (nSPS) is 11.2. The van der Waals surface area contributed by atoms with Crippen molar-refractivity contribution in [1.82, 2.24) is 0 Å². The van der Waals surface area contributed by atoms with Gasteiger partial charge in [-0.1, -0.05) is 12.1 Å². The topological polar surface area (TPSA) is 55.1 Å². The predicted molar refractivity (Wildman–Crippen MR) is 75.6 cm³/mol. The molecule has 0 saturated heterocycles. The summed E-state index contributed by atoms with van der Waals surface area (Å²) in [7, 11) is 0. The van der Waals surface area contributed by atoms with Gasteiger partial charge in [0.1, 0.15) is 0 Å². The number of anilines is 3. The first-order valence-electron chi connectivity index (χ1n) is 6.13. The molecule has 0 heterocycles. The minimum absolute atomic E-state index is 0.0794. The molecule has 6 heteroatoms. The van der Waals surface area contributed by atoms with Crippen molar-refractivity contribution in [2.24, 2.45) is 0 Å². The Labute approximate surface area is 119 Å². The van der Waals surface area contributed by atoms with Gasteiger partial charge in [0.15, 0.2) is 5.78 Å². The first kappa shape index (κ1) is 14.9. The Morgan fingerprint density at radius 2 is 1.81 bits per heavy atom. The summed E-state index contributed by atoms with van der Waals surface area (Å²) in [5.41, 5.74) is 5.73. The monoisotopic (exact) mass is 294 g/mol. The van der Waals surface area contributed by atoms with Gasteiger partial charge in [-0.15, -0.1) is 0 Å². The van der Waals surface area contributed by atoms with E-state index in [9.17, 15) is 18.0 Å². The standard InChI is InChI=1S/C15H13F3N2O/c1-9(21)11-8-10(6-7-13(11)19)20-14-5-3-2-4-12(14)15(16,17)18/h2-8,20H,19H2,1H3. The lowest BCUT2D eigenvalue weighted by Gasteiger charge is -2.15. The number of nitrogens with one attached hydrogen (secondary N) is 1. The Bertz CT molecular complexity index is 681. The van der Waals surface area contributed by atoms with E-state index in [1.54, 1.807) is 0 Å². The molecule has 2 rings (SSSR count). The fourth-order valence-electron chi connectivity index (χ4n) is 1.93. The number of benzene rings is 2. The number of alkyl halides is 3. The first-order chi connectivity index (χ1) is 9.79. The van der Waals surface area contributed by atoms with Gasteiger partial charge < -0.3 is 11.1 Å². The fourth-order valence-corrected chi connectivity index (χ4v) is 1.93. The van der Waals surface area contributed by atoms with Crippen LogP contribution in [0, 0.1) is 0 Å². The molecule has 110 valence electrons. The van der Waals surface area contributed by atoms with Gasteiger partial charge in [0.25, 0.3) is 0 Å². The van der Waals surface area contributed by atoms with Crippen molar-refractivity contribution in [3.63, 3.8) is 0 Å². The second-order valence-electron chi connectivity index (χ2n) is 4.53. The maximum absolute atomic E-state index is 12.9. The SMILES string of the molecule is CC(=O)c1cc(Nc2ccccc2C(F)(F)F)ccc1N. The molecule has 0 unspecified atom stereocenters. The van der Waals surface area contributed by atoms with Crippen LogP contribution in [0.5, 0.6) is 0 Å². The number of para-hydroxylation sites is 1. The molecule has 0 aliphatic heterocycles. The second-order valence-corrected chi connectivity index (χ2v) is 4.53. The number of carbonyl (C=O) groups is 1. The molecule has 21 heavy (non-hydrogen) atoms. The smallest absolute Gasteiger partial charge is 0.398 e. The summed E-state index contributed by atoms with van der Waals surface area (Å²) in [5.74, 6) is -0.250. The van der Waals surface area contributed by atoms with Crippen molar-refractivity contribution in [2.45, 2.75) is 13.1 Å². The lowest BCUT2D eigenvalue weighted by molar-refractivity contribution is -0.136. The number of hydrogen-bond donors (Lipinski definition) is 2. The van der Waals surface area contributed by atoms with Crippen molar-refractivity contribution < 1.29 is 18.0 Å². The highest BCUT2D eigenvalue weighted by Crippen LogP contribution is 2.36.